The number of aliphatic hydroxyl groups excluding tert-OH is 2. The van der Waals surface area contributed by atoms with Gasteiger partial charge in [-0.15, -0.1) is 0 Å². The van der Waals surface area contributed by atoms with Crippen LogP contribution in [0.5, 0.6) is 0 Å². The lowest BCUT2D eigenvalue weighted by Crippen LogP contribution is -2.27. The van der Waals surface area contributed by atoms with Gasteiger partial charge in [-0.1, -0.05) is 12.2 Å². The van der Waals surface area contributed by atoms with Gasteiger partial charge in [-0.2, -0.15) is 12.6 Å². The van der Waals surface area contributed by atoms with Crippen LogP contribution in [0.4, 0.5) is 0 Å². The van der Waals surface area contributed by atoms with Gasteiger partial charge in [0, 0.05) is 11.1 Å². The fourth-order valence-electron chi connectivity index (χ4n) is 0.178. The Labute approximate surface area is 60.3 Å². The summed E-state index contributed by atoms with van der Waals surface area (Å²) in [6, 6.07) is 0. The Hall–Kier alpha value is 0.360. The molecular weight excluding hydrogens is 144 g/mol. The van der Waals surface area contributed by atoms with E-state index < -0.39 is 12.2 Å². The van der Waals surface area contributed by atoms with Gasteiger partial charge in [0.1, 0.15) is 6.10 Å². The van der Waals surface area contributed by atoms with Crippen molar-refractivity contribution in [3.63, 3.8) is 0 Å². The zero-order chi connectivity index (χ0) is 7.44. The normalized spacial score (nSPS) is 19.1. The molecule has 0 aliphatic carbocycles. The van der Waals surface area contributed by atoms with E-state index in [0.717, 1.165) is 0 Å². The number of rotatable bonds is 3. The van der Waals surface area contributed by atoms with Gasteiger partial charge in [0.05, 0.1) is 7.47 Å². The summed E-state index contributed by atoms with van der Waals surface area (Å²) in [5, 5.41) is 17.2. The number of aliphatic hydroxyl groups is 2. The third-order valence-corrected chi connectivity index (χ3v) is 1.29. The van der Waals surface area contributed by atoms with Crippen molar-refractivity contribution in [2.24, 2.45) is 0 Å². The number of hydrogen-bond donors (Lipinski definition) is 3. The summed E-state index contributed by atoms with van der Waals surface area (Å²) >= 11 is 7.98. The summed E-state index contributed by atoms with van der Waals surface area (Å²) in [6.45, 7) is 0. The number of hydrogen-bond acceptors (Lipinski definition) is 4. The van der Waals surface area contributed by atoms with E-state index in [2.05, 4.69) is 24.8 Å². The highest BCUT2D eigenvalue weighted by Gasteiger charge is 2.09. The smallest absolute Gasteiger partial charge is 0.109 e. The molecule has 2 atom stereocenters. The maximum absolute atomic E-state index is 8.77. The predicted octanol–water partition coefficient (Wildman–Crippen LogP) is -0.362. The Morgan fingerprint density at radius 2 is 2.38 bits per heavy atom. The summed E-state index contributed by atoms with van der Waals surface area (Å²) in [4.78, 5) is 0. The fourth-order valence-corrected chi connectivity index (χ4v) is 0.535. The van der Waals surface area contributed by atoms with Crippen molar-refractivity contribution < 1.29 is 11.6 Å². The molecule has 0 aromatic carbocycles. The van der Waals surface area contributed by atoms with Gasteiger partial charge in [0.15, 0.2) is 0 Å². The van der Waals surface area contributed by atoms with E-state index in [-0.39, 0.29) is 11.1 Å². The standard InChI is InChI=1S/C4H8O2S2/c5-3(1-7)4(6)2-8/h1,3-6,8H,2H2/t3-,4-/m1/s1/i1D. The molecule has 0 radical (unpaired) electrons. The molecule has 8 heavy (non-hydrogen) atoms. The van der Waals surface area contributed by atoms with Crippen molar-refractivity contribution >= 4 is 30.2 Å². The van der Waals surface area contributed by atoms with Crippen molar-refractivity contribution in [3.8, 4) is 0 Å². The third kappa shape index (κ3) is 2.61. The van der Waals surface area contributed by atoms with Gasteiger partial charge in [0.2, 0.25) is 0 Å². The summed E-state index contributed by atoms with van der Waals surface area (Å²) < 4.78 is 6.70. The van der Waals surface area contributed by atoms with E-state index in [1.165, 1.54) is 0 Å². The highest BCUT2D eigenvalue weighted by atomic mass is 32.1. The van der Waals surface area contributed by atoms with Crippen molar-refractivity contribution in [2.75, 3.05) is 5.75 Å². The van der Waals surface area contributed by atoms with Gasteiger partial charge >= 0.3 is 0 Å². The summed E-state index contributed by atoms with van der Waals surface area (Å²) in [5.74, 6) is 0.111. The first-order valence-electron chi connectivity index (χ1n) is 2.57. The van der Waals surface area contributed by atoms with E-state index in [9.17, 15) is 0 Å². The first kappa shape index (κ1) is 6.48. The van der Waals surface area contributed by atoms with Gasteiger partial charge in [-0.3, -0.25) is 0 Å². The molecule has 0 heterocycles. The molecule has 0 aliphatic rings. The largest absolute Gasteiger partial charge is 0.389 e. The number of thiocarbonyl (C=S) groups is 1. The first-order chi connectivity index (χ1) is 4.09. The Bertz CT molecular complexity index is 109. The molecular formula is C4H8O2S2. The average Bonchev–Trinajstić information content (AvgIpc) is 1.84. The maximum Gasteiger partial charge on any atom is 0.109 e. The van der Waals surface area contributed by atoms with Crippen LogP contribution in [0.25, 0.3) is 0 Å². The highest BCUT2D eigenvalue weighted by Crippen LogP contribution is 1.92. The molecule has 0 unspecified atom stereocenters. The molecule has 4 heteroatoms. The molecule has 0 amide bonds. The SMILES string of the molecule is [2H]C(=S)[C@@H](O)[C@H](O)CS. The van der Waals surface area contributed by atoms with Crippen LogP contribution in [0.3, 0.4) is 0 Å². The van der Waals surface area contributed by atoms with Gasteiger partial charge in [-0.25, -0.2) is 0 Å². The lowest BCUT2D eigenvalue weighted by molar-refractivity contribution is 0.0813. The van der Waals surface area contributed by atoms with Gasteiger partial charge in [0.25, 0.3) is 0 Å². The van der Waals surface area contributed by atoms with Crippen LogP contribution in [0.1, 0.15) is 1.37 Å². The monoisotopic (exact) mass is 153 g/mol. The van der Waals surface area contributed by atoms with Crippen LogP contribution >= 0.6 is 24.8 Å². The van der Waals surface area contributed by atoms with Crippen molar-refractivity contribution in [3.05, 3.63) is 0 Å². The minimum Gasteiger partial charge on any atom is -0.389 e. The second-order valence-corrected chi connectivity index (χ2v) is 1.91. The molecule has 0 fully saturated rings. The van der Waals surface area contributed by atoms with Crippen LogP contribution < -0.4 is 0 Å². The fraction of sp³-hybridized carbons (Fsp3) is 0.750. The zero-order valence-corrected chi connectivity index (χ0v) is 5.82. The summed E-state index contributed by atoms with van der Waals surface area (Å²) in [7, 11) is 0. The molecule has 2 N–H and O–H groups in total. The summed E-state index contributed by atoms with van der Waals surface area (Å²) in [6.07, 6.45) is -2.25. The van der Waals surface area contributed by atoms with Crippen LogP contribution in [0.2, 0.25) is 0 Å². The Morgan fingerprint density at radius 1 is 1.88 bits per heavy atom. The number of thiol groups is 1. The molecule has 0 saturated carbocycles. The van der Waals surface area contributed by atoms with E-state index in [1.807, 2.05) is 0 Å². The van der Waals surface area contributed by atoms with Gasteiger partial charge in [-0.05, 0) is 0 Å². The minimum atomic E-state index is -1.24. The van der Waals surface area contributed by atoms with Crippen LogP contribution in [-0.4, -0.2) is 33.5 Å². The minimum absolute atomic E-state index is 0.111. The van der Waals surface area contributed by atoms with Crippen molar-refractivity contribution in [1.29, 1.82) is 0 Å². The Morgan fingerprint density at radius 3 is 2.50 bits per heavy atom. The molecule has 0 rings (SSSR count). The van der Waals surface area contributed by atoms with Crippen molar-refractivity contribution in [2.45, 2.75) is 12.2 Å². The molecule has 48 valence electrons. The van der Waals surface area contributed by atoms with E-state index in [0.29, 0.717) is 0 Å². The lowest BCUT2D eigenvalue weighted by atomic mass is 10.3. The van der Waals surface area contributed by atoms with Crippen LogP contribution in [0, 0.1) is 0 Å². The molecule has 0 spiro atoms. The van der Waals surface area contributed by atoms with Crippen LogP contribution in [-0.2, 0) is 0 Å². The Balaban J connectivity index is 3.72. The topological polar surface area (TPSA) is 40.5 Å². The van der Waals surface area contributed by atoms with E-state index in [1.54, 1.807) is 0 Å². The van der Waals surface area contributed by atoms with E-state index >= 15 is 0 Å². The average molecular weight is 153 g/mol. The second-order valence-electron chi connectivity index (χ2n) is 1.31. The molecule has 0 aliphatic heterocycles. The maximum atomic E-state index is 8.77. The highest BCUT2D eigenvalue weighted by molar-refractivity contribution is 7.80. The molecule has 0 bridgehead atoms. The van der Waals surface area contributed by atoms with E-state index in [4.69, 9.17) is 11.6 Å². The Kier molecular flexibility index (Phi) is 3.45. The molecule has 0 aromatic rings. The first-order valence-corrected chi connectivity index (χ1v) is 3.11. The second kappa shape index (κ2) is 4.26. The lowest BCUT2D eigenvalue weighted by Gasteiger charge is -2.08. The summed E-state index contributed by atoms with van der Waals surface area (Å²) in [5.41, 5.74) is 0. The zero-order valence-electron chi connectivity index (χ0n) is 5.11. The van der Waals surface area contributed by atoms with Gasteiger partial charge < -0.3 is 10.2 Å². The molecule has 0 saturated heterocycles. The molecule has 0 aromatic heterocycles. The third-order valence-electron chi connectivity index (χ3n) is 0.672. The predicted molar refractivity (Wildman–Crippen MR) is 39.5 cm³/mol. The van der Waals surface area contributed by atoms with Crippen LogP contribution in [0.15, 0.2) is 0 Å². The quantitative estimate of drug-likeness (QED) is 0.383. The molecule has 2 nitrogen and oxygen atoms in total. The van der Waals surface area contributed by atoms with Crippen molar-refractivity contribution in [1.82, 2.24) is 0 Å².